The first-order valence-electron chi connectivity index (χ1n) is 7.53. The normalized spacial score (nSPS) is 10.8. The van der Waals surface area contributed by atoms with Gasteiger partial charge in [-0.2, -0.15) is 0 Å². The van der Waals surface area contributed by atoms with Gasteiger partial charge in [-0.3, -0.25) is 4.79 Å². The molecule has 2 aromatic rings. The van der Waals surface area contributed by atoms with Gasteiger partial charge in [0.15, 0.2) is 0 Å². The molecule has 2 rings (SSSR count). The number of nitrogens with zero attached hydrogens (tertiary/aromatic N) is 3. The Bertz CT molecular complexity index is 775. The molecule has 1 heterocycles. The molecular weight excluding hydrogens is 372 g/mol. The van der Waals surface area contributed by atoms with Gasteiger partial charge in [-0.15, -0.1) is 0 Å². The Kier molecular flexibility index (Phi) is 5.43. The number of hydrogen-bond acceptors (Lipinski definition) is 5. The molecule has 6 nitrogen and oxygen atoms in total. The van der Waals surface area contributed by atoms with Crippen molar-refractivity contribution in [3.8, 4) is 17.0 Å². The maximum Gasteiger partial charge on any atom is 0.257 e. The molecule has 0 atom stereocenters. The molecule has 0 fully saturated rings. The molecule has 7 heteroatoms. The number of halogens is 1. The van der Waals surface area contributed by atoms with E-state index in [0.717, 1.165) is 4.47 Å². The van der Waals surface area contributed by atoms with Crippen LogP contribution in [0.4, 0.5) is 5.95 Å². The van der Waals surface area contributed by atoms with E-state index in [1.54, 1.807) is 21.0 Å². The standard InChI is InChI=1S/C17H21BrN4O2/c1-9(2)24-13-7-6-11(18)8-12(13)15-14(16(23)22(4)5)10(3)20-17(19)21-15/h6-9H,1-5H3,(H2,19,20,21). The molecule has 0 aliphatic carbocycles. The maximum absolute atomic E-state index is 12.6. The summed E-state index contributed by atoms with van der Waals surface area (Å²) in [6.07, 6.45) is -0.0155. The highest BCUT2D eigenvalue weighted by molar-refractivity contribution is 9.10. The minimum Gasteiger partial charge on any atom is -0.490 e. The lowest BCUT2D eigenvalue weighted by molar-refractivity contribution is 0.0827. The lowest BCUT2D eigenvalue weighted by Gasteiger charge is -2.19. The first kappa shape index (κ1) is 18.2. The fourth-order valence-electron chi connectivity index (χ4n) is 2.31. The van der Waals surface area contributed by atoms with Crippen molar-refractivity contribution in [3.63, 3.8) is 0 Å². The summed E-state index contributed by atoms with van der Waals surface area (Å²) in [5, 5.41) is 0. The molecule has 1 aromatic heterocycles. The zero-order valence-corrected chi connectivity index (χ0v) is 16.0. The predicted molar refractivity (Wildman–Crippen MR) is 98.1 cm³/mol. The van der Waals surface area contributed by atoms with Gasteiger partial charge < -0.3 is 15.4 Å². The summed E-state index contributed by atoms with van der Waals surface area (Å²) in [5.41, 5.74) is 7.95. The van der Waals surface area contributed by atoms with E-state index >= 15 is 0 Å². The van der Waals surface area contributed by atoms with Gasteiger partial charge in [0.2, 0.25) is 5.95 Å². The topological polar surface area (TPSA) is 81.3 Å². The molecule has 1 amide bonds. The van der Waals surface area contributed by atoms with Crippen LogP contribution in [0.3, 0.4) is 0 Å². The van der Waals surface area contributed by atoms with Crippen LogP contribution < -0.4 is 10.5 Å². The van der Waals surface area contributed by atoms with E-state index in [2.05, 4.69) is 25.9 Å². The van der Waals surface area contributed by atoms with Crippen molar-refractivity contribution in [3.05, 3.63) is 33.9 Å². The van der Waals surface area contributed by atoms with Crippen LogP contribution in [-0.2, 0) is 0 Å². The molecule has 0 aliphatic heterocycles. The highest BCUT2D eigenvalue weighted by Gasteiger charge is 2.23. The second kappa shape index (κ2) is 7.17. The zero-order valence-electron chi connectivity index (χ0n) is 14.4. The van der Waals surface area contributed by atoms with E-state index in [1.807, 2.05) is 32.0 Å². The monoisotopic (exact) mass is 392 g/mol. The summed E-state index contributed by atoms with van der Waals surface area (Å²) in [5.74, 6) is 0.574. The van der Waals surface area contributed by atoms with E-state index < -0.39 is 0 Å². The lowest BCUT2D eigenvalue weighted by atomic mass is 10.0. The maximum atomic E-state index is 12.6. The van der Waals surface area contributed by atoms with Crippen molar-refractivity contribution in [2.24, 2.45) is 0 Å². The second-order valence-electron chi connectivity index (χ2n) is 5.90. The Morgan fingerprint density at radius 2 is 1.96 bits per heavy atom. The Hall–Kier alpha value is -2.15. The summed E-state index contributed by atoms with van der Waals surface area (Å²) in [6.45, 7) is 5.63. The van der Waals surface area contributed by atoms with Gasteiger partial charge in [0, 0.05) is 24.1 Å². The third-order valence-electron chi connectivity index (χ3n) is 3.29. The number of rotatable bonds is 4. The average molecular weight is 393 g/mol. The summed E-state index contributed by atoms with van der Waals surface area (Å²) in [4.78, 5) is 22.6. The van der Waals surface area contributed by atoms with E-state index in [1.165, 1.54) is 4.90 Å². The number of carbonyl (C=O) groups is 1. The molecule has 24 heavy (non-hydrogen) atoms. The number of aryl methyl sites for hydroxylation is 1. The molecule has 0 radical (unpaired) electrons. The number of amides is 1. The number of nitrogens with two attached hydrogens (primary N) is 1. The van der Waals surface area contributed by atoms with Crippen molar-refractivity contribution < 1.29 is 9.53 Å². The summed E-state index contributed by atoms with van der Waals surface area (Å²) < 4.78 is 6.74. The van der Waals surface area contributed by atoms with Crippen LogP contribution in [0.15, 0.2) is 22.7 Å². The van der Waals surface area contributed by atoms with E-state index in [4.69, 9.17) is 10.5 Å². The molecule has 128 valence electrons. The van der Waals surface area contributed by atoms with Gasteiger partial charge in [0.05, 0.1) is 23.1 Å². The Morgan fingerprint density at radius 1 is 1.29 bits per heavy atom. The first-order chi connectivity index (χ1) is 11.2. The summed E-state index contributed by atoms with van der Waals surface area (Å²) in [6, 6.07) is 5.59. The highest BCUT2D eigenvalue weighted by atomic mass is 79.9. The predicted octanol–water partition coefficient (Wildman–Crippen LogP) is 3.29. The third-order valence-corrected chi connectivity index (χ3v) is 3.78. The molecular formula is C17H21BrN4O2. The number of anilines is 1. The largest absolute Gasteiger partial charge is 0.490 e. The quantitative estimate of drug-likeness (QED) is 0.862. The molecule has 0 spiro atoms. The number of nitrogen functional groups attached to an aromatic ring is 1. The molecule has 0 unspecified atom stereocenters. The van der Waals surface area contributed by atoms with Crippen LogP contribution >= 0.6 is 15.9 Å². The van der Waals surface area contributed by atoms with Gasteiger partial charge in [-0.1, -0.05) is 15.9 Å². The molecule has 0 saturated heterocycles. The van der Waals surface area contributed by atoms with Crippen LogP contribution in [-0.4, -0.2) is 41.0 Å². The SMILES string of the molecule is Cc1nc(N)nc(-c2cc(Br)ccc2OC(C)C)c1C(=O)N(C)C. The number of benzene rings is 1. The van der Waals surface area contributed by atoms with Crippen molar-refractivity contribution in [1.82, 2.24) is 14.9 Å². The van der Waals surface area contributed by atoms with Crippen molar-refractivity contribution >= 4 is 27.8 Å². The van der Waals surface area contributed by atoms with Gasteiger partial charge >= 0.3 is 0 Å². The summed E-state index contributed by atoms with van der Waals surface area (Å²) >= 11 is 3.46. The molecule has 0 bridgehead atoms. The number of hydrogen-bond donors (Lipinski definition) is 1. The molecule has 1 aromatic carbocycles. The Morgan fingerprint density at radius 3 is 2.54 bits per heavy atom. The summed E-state index contributed by atoms with van der Waals surface area (Å²) in [7, 11) is 3.38. The Labute approximate surface area is 150 Å². The fourth-order valence-corrected chi connectivity index (χ4v) is 2.67. The van der Waals surface area contributed by atoms with Crippen molar-refractivity contribution in [2.75, 3.05) is 19.8 Å². The van der Waals surface area contributed by atoms with Crippen LogP contribution in [0.25, 0.3) is 11.3 Å². The lowest BCUT2D eigenvalue weighted by Crippen LogP contribution is -2.24. The number of aromatic nitrogens is 2. The average Bonchev–Trinajstić information content (AvgIpc) is 2.47. The number of ether oxygens (including phenoxy) is 1. The third kappa shape index (κ3) is 3.84. The van der Waals surface area contributed by atoms with Crippen LogP contribution in [0.2, 0.25) is 0 Å². The minimum atomic E-state index is -0.182. The van der Waals surface area contributed by atoms with Crippen LogP contribution in [0.1, 0.15) is 29.9 Å². The van der Waals surface area contributed by atoms with E-state index in [0.29, 0.717) is 28.3 Å². The van der Waals surface area contributed by atoms with E-state index in [-0.39, 0.29) is 18.0 Å². The van der Waals surface area contributed by atoms with Crippen LogP contribution in [0.5, 0.6) is 5.75 Å². The van der Waals surface area contributed by atoms with Gasteiger partial charge in [-0.05, 0) is 39.0 Å². The van der Waals surface area contributed by atoms with Crippen molar-refractivity contribution in [1.29, 1.82) is 0 Å². The minimum absolute atomic E-state index is 0.0155. The highest BCUT2D eigenvalue weighted by Crippen LogP contribution is 2.35. The van der Waals surface area contributed by atoms with Crippen LogP contribution in [0, 0.1) is 6.92 Å². The second-order valence-corrected chi connectivity index (χ2v) is 6.81. The van der Waals surface area contributed by atoms with Gasteiger partial charge in [0.25, 0.3) is 5.91 Å². The zero-order chi connectivity index (χ0) is 18.0. The molecule has 2 N–H and O–H groups in total. The van der Waals surface area contributed by atoms with Gasteiger partial charge in [-0.25, -0.2) is 9.97 Å². The first-order valence-corrected chi connectivity index (χ1v) is 8.32. The smallest absolute Gasteiger partial charge is 0.257 e. The molecule has 0 saturated carbocycles. The molecule has 0 aliphatic rings. The van der Waals surface area contributed by atoms with Crippen molar-refractivity contribution in [2.45, 2.75) is 26.9 Å². The van der Waals surface area contributed by atoms with Gasteiger partial charge in [0.1, 0.15) is 5.75 Å². The fraction of sp³-hybridized carbons (Fsp3) is 0.353. The van der Waals surface area contributed by atoms with E-state index in [9.17, 15) is 4.79 Å². The number of carbonyl (C=O) groups excluding carboxylic acids is 1. The Balaban J connectivity index is 2.76.